The van der Waals surface area contributed by atoms with E-state index in [1.807, 2.05) is 7.05 Å². The first-order valence-electron chi connectivity index (χ1n) is 8.15. The number of nitrogens with one attached hydrogen (secondary N) is 1. The van der Waals surface area contributed by atoms with E-state index in [0.29, 0.717) is 17.9 Å². The molecule has 1 amide bonds. The highest BCUT2D eigenvalue weighted by atomic mass is 35.5. The molecule has 0 radical (unpaired) electrons. The van der Waals surface area contributed by atoms with Gasteiger partial charge in [-0.1, -0.05) is 19.8 Å². The summed E-state index contributed by atoms with van der Waals surface area (Å²) in [5.41, 5.74) is 0. The summed E-state index contributed by atoms with van der Waals surface area (Å²) in [7, 11) is 2.03. The van der Waals surface area contributed by atoms with Crippen molar-refractivity contribution in [3.63, 3.8) is 0 Å². The number of hydrogen-bond acceptors (Lipinski definition) is 2. The van der Waals surface area contributed by atoms with Crippen molar-refractivity contribution in [3.8, 4) is 0 Å². The van der Waals surface area contributed by atoms with Gasteiger partial charge in [-0.05, 0) is 57.0 Å². The highest BCUT2D eigenvalue weighted by molar-refractivity contribution is 5.85. The molecule has 2 aliphatic rings. The van der Waals surface area contributed by atoms with Gasteiger partial charge in [-0.2, -0.15) is 0 Å². The monoisotopic (exact) mass is 302 g/mol. The van der Waals surface area contributed by atoms with Crippen LogP contribution < -0.4 is 5.32 Å². The number of carbonyl (C=O) groups excluding carboxylic acids is 1. The number of rotatable bonds is 4. The zero-order chi connectivity index (χ0) is 13.7. The minimum absolute atomic E-state index is 0. The molecule has 3 nitrogen and oxygen atoms in total. The van der Waals surface area contributed by atoms with E-state index in [-0.39, 0.29) is 12.4 Å². The third-order valence-corrected chi connectivity index (χ3v) is 5.18. The fourth-order valence-corrected chi connectivity index (χ4v) is 3.73. The van der Waals surface area contributed by atoms with Crippen LogP contribution in [-0.4, -0.2) is 37.0 Å². The van der Waals surface area contributed by atoms with Crippen molar-refractivity contribution >= 4 is 18.3 Å². The molecule has 1 saturated carbocycles. The van der Waals surface area contributed by atoms with Crippen LogP contribution in [0.25, 0.3) is 0 Å². The number of nitrogens with zero attached hydrogens (tertiary/aromatic N) is 1. The molecule has 2 atom stereocenters. The van der Waals surface area contributed by atoms with Crippen molar-refractivity contribution < 1.29 is 4.79 Å². The molecule has 2 unspecified atom stereocenters. The van der Waals surface area contributed by atoms with Crippen molar-refractivity contribution in [2.75, 3.05) is 20.1 Å². The van der Waals surface area contributed by atoms with Gasteiger partial charge in [-0.15, -0.1) is 12.4 Å². The molecule has 1 saturated heterocycles. The van der Waals surface area contributed by atoms with Crippen LogP contribution in [0.1, 0.15) is 58.3 Å². The van der Waals surface area contributed by atoms with E-state index < -0.39 is 0 Å². The normalized spacial score (nSPS) is 27.7. The first kappa shape index (κ1) is 17.8. The number of amides is 1. The minimum atomic E-state index is 0. The van der Waals surface area contributed by atoms with Gasteiger partial charge in [0.05, 0.1) is 0 Å². The summed E-state index contributed by atoms with van der Waals surface area (Å²) in [6.07, 6.45) is 9.47. The zero-order valence-corrected chi connectivity index (χ0v) is 13.9. The van der Waals surface area contributed by atoms with Crippen molar-refractivity contribution in [1.29, 1.82) is 0 Å². The molecule has 1 heterocycles. The molecular weight excluding hydrogens is 272 g/mol. The highest BCUT2D eigenvalue weighted by Gasteiger charge is 2.27. The molecule has 2 fully saturated rings. The highest BCUT2D eigenvalue weighted by Crippen LogP contribution is 2.28. The number of carbonyl (C=O) groups is 1. The summed E-state index contributed by atoms with van der Waals surface area (Å²) < 4.78 is 0. The van der Waals surface area contributed by atoms with E-state index in [1.165, 1.54) is 38.5 Å². The SMILES string of the molecule is CC1CCCCC1N(C)C(=O)CCC1CCNCC1.Cl. The van der Waals surface area contributed by atoms with Gasteiger partial charge in [0.2, 0.25) is 5.91 Å². The predicted molar refractivity (Wildman–Crippen MR) is 86.3 cm³/mol. The summed E-state index contributed by atoms with van der Waals surface area (Å²) in [6, 6.07) is 0.495. The molecule has 0 bridgehead atoms. The quantitative estimate of drug-likeness (QED) is 0.865. The Morgan fingerprint density at radius 2 is 1.80 bits per heavy atom. The van der Waals surface area contributed by atoms with Gasteiger partial charge < -0.3 is 10.2 Å². The van der Waals surface area contributed by atoms with Gasteiger partial charge in [0.1, 0.15) is 0 Å². The lowest BCUT2D eigenvalue weighted by molar-refractivity contribution is -0.133. The Bertz CT molecular complexity index is 292. The average Bonchev–Trinajstić information content (AvgIpc) is 2.45. The van der Waals surface area contributed by atoms with Crippen molar-refractivity contribution in [1.82, 2.24) is 10.2 Å². The van der Waals surface area contributed by atoms with Crippen LogP contribution in [0.4, 0.5) is 0 Å². The lowest BCUT2D eigenvalue weighted by Gasteiger charge is -2.36. The molecule has 118 valence electrons. The summed E-state index contributed by atoms with van der Waals surface area (Å²) in [5.74, 6) is 1.82. The zero-order valence-electron chi connectivity index (χ0n) is 13.1. The van der Waals surface area contributed by atoms with Gasteiger partial charge in [0.15, 0.2) is 0 Å². The predicted octanol–water partition coefficient (Wildman–Crippen LogP) is 3.23. The van der Waals surface area contributed by atoms with Gasteiger partial charge in [0.25, 0.3) is 0 Å². The van der Waals surface area contributed by atoms with Gasteiger partial charge in [0, 0.05) is 19.5 Å². The lowest BCUT2D eigenvalue weighted by atomic mass is 9.85. The van der Waals surface area contributed by atoms with E-state index in [1.54, 1.807) is 0 Å². The second-order valence-corrected chi connectivity index (χ2v) is 6.57. The fraction of sp³-hybridized carbons (Fsp3) is 0.938. The second-order valence-electron chi connectivity index (χ2n) is 6.57. The summed E-state index contributed by atoms with van der Waals surface area (Å²) in [6.45, 7) is 4.57. The number of halogens is 1. The van der Waals surface area contributed by atoms with E-state index in [4.69, 9.17) is 0 Å². The average molecular weight is 303 g/mol. The number of hydrogen-bond donors (Lipinski definition) is 1. The van der Waals surface area contributed by atoms with Gasteiger partial charge >= 0.3 is 0 Å². The van der Waals surface area contributed by atoms with Gasteiger partial charge in [-0.3, -0.25) is 4.79 Å². The summed E-state index contributed by atoms with van der Waals surface area (Å²) in [4.78, 5) is 14.4. The molecule has 0 aromatic carbocycles. The molecule has 0 aromatic heterocycles. The molecule has 1 aliphatic heterocycles. The third kappa shape index (κ3) is 4.92. The molecule has 1 aliphatic carbocycles. The van der Waals surface area contributed by atoms with Crippen molar-refractivity contribution in [2.45, 2.75) is 64.3 Å². The minimum Gasteiger partial charge on any atom is -0.343 e. The van der Waals surface area contributed by atoms with Gasteiger partial charge in [-0.25, -0.2) is 0 Å². The first-order chi connectivity index (χ1) is 9.18. The summed E-state index contributed by atoms with van der Waals surface area (Å²) >= 11 is 0. The first-order valence-corrected chi connectivity index (χ1v) is 8.15. The van der Waals surface area contributed by atoms with Crippen LogP contribution in [0.5, 0.6) is 0 Å². The molecule has 4 heteroatoms. The topological polar surface area (TPSA) is 32.3 Å². The van der Waals surface area contributed by atoms with Crippen LogP contribution in [0.15, 0.2) is 0 Å². The Kier molecular flexibility index (Phi) is 7.90. The number of piperidine rings is 1. The van der Waals surface area contributed by atoms with E-state index in [0.717, 1.165) is 31.8 Å². The summed E-state index contributed by atoms with van der Waals surface area (Å²) in [5, 5.41) is 3.39. The van der Waals surface area contributed by atoms with Crippen LogP contribution in [0.3, 0.4) is 0 Å². The smallest absolute Gasteiger partial charge is 0.222 e. The molecule has 1 N–H and O–H groups in total. The van der Waals surface area contributed by atoms with Crippen LogP contribution in [0.2, 0.25) is 0 Å². The molecular formula is C16H31ClN2O. The largest absolute Gasteiger partial charge is 0.343 e. The van der Waals surface area contributed by atoms with Crippen LogP contribution in [0, 0.1) is 11.8 Å². The molecule has 2 rings (SSSR count). The van der Waals surface area contributed by atoms with E-state index in [9.17, 15) is 4.79 Å². The Balaban J connectivity index is 0.00000200. The van der Waals surface area contributed by atoms with Crippen LogP contribution in [-0.2, 0) is 4.79 Å². The molecule has 0 aromatic rings. The Morgan fingerprint density at radius 3 is 2.45 bits per heavy atom. The Morgan fingerprint density at radius 1 is 1.15 bits per heavy atom. The Labute approximate surface area is 130 Å². The van der Waals surface area contributed by atoms with E-state index >= 15 is 0 Å². The molecule has 20 heavy (non-hydrogen) atoms. The van der Waals surface area contributed by atoms with E-state index in [2.05, 4.69) is 17.1 Å². The maximum atomic E-state index is 12.3. The van der Waals surface area contributed by atoms with Crippen LogP contribution >= 0.6 is 12.4 Å². The lowest BCUT2D eigenvalue weighted by Crippen LogP contribution is -2.42. The standard InChI is InChI=1S/C16H30N2O.ClH/c1-13-5-3-4-6-15(13)18(2)16(19)8-7-14-9-11-17-12-10-14;/h13-15,17H,3-12H2,1-2H3;1H. The second kappa shape index (κ2) is 8.89. The Hall–Kier alpha value is -0.280. The third-order valence-electron chi connectivity index (χ3n) is 5.18. The maximum absolute atomic E-state index is 12.3. The fourth-order valence-electron chi connectivity index (χ4n) is 3.73. The van der Waals surface area contributed by atoms with Crippen molar-refractivity contribution in [3.05, 3.63) is 0 Å². The van der Waals surface area contributed by atoms with Crippen molar-refractivity contribution in [2.24, 2.45) is 11.8 Å². The molecule has 0 spiro atoms. The maximum Gasteiger partial charge on any atom is 0.222 e.